The third-order valence-electron chi connectivity index (χ3n) is 7.19. The van der Waals surface area contributed by atoms with Gasteiger partial charge in [0.05, 0.1) is 16.6 Å². The van der Waals surface area contributed by atoms with Crippen molar-refractivity contribution < 1.29 is 0 Å². The summed E-state index contributed by atoms with van der Waals surface area (Å²) < 4.78 is 2.06. The first-order chi connectivity index (χ1) is 18.4. The molecule has 0 aliphatic heterocycles. The summed E-state index contributed by atoms with van der Waals surface area (Å²) in [5.41, 5.74) is 3.88. The maximum atomic E-state index is 4.95. The fourth-order valence-electron chi connectivity index (χ4n) is 5.58. The first-order valence-corrected chi connectivity index (χ1v) is 12.2. The molecule has 0 radical (unpaired) electrons. The largest absolute Gasteiger partial charge is 0.276 e. The Balaban J connectivity index is 1.38. The van der Waals surface area contributed by atoms with E-state index >= 15 is 0 Å². The highest BCUT2D eigenvalue weighted by molar-refractivity contribution is 6.25. The van der Waals surface area contributed by atoms with Gasteiger partial charge in [0.1, 0.15) is 6.33 Å². The Bertz CT molecular complexity index is 2070. The molecule has 172 valence electrons. The number of rotatable bonds is 2. The fraction of sp³-hybridized carbons (Fsp3) is 0. The van der Waals surface area contributed by atoms with Crippen LogP contribution in [0.2, 0.25) is 0 Å². The molecule has 5 nitrogen and oxygen atoms in total. The highest BCUT2D eigenvalue weighted by Gasteiger charge is 2.16. The fourth-order valence-corrected chi connectivity index (χ4v) is 5.58. The molecule has 37 heavy (non-hydrogen) atoms. The van der Waals surface area contributed by atoms with Gasteiger partial charge in [0.15, 0.2) is 5.82 Å². The van der Waals surface area contributed by atoms with Gasteiger partial charge in [-0.1, -0.05) is 78.9 Å². The van der Waals surface area contributed by atoms with E-state index in [-0.39, 0.29) is 0 Å². The van der Waals surface area contributed by atoms with Crippen LogP contribution < -0.4 is 0 Å². The third kappa shape index (κ3) is 2.91. The van der Waals surface area contributed by atoms with Crippen molar-refractivity contribution in [1.29, 1.82) is 0 Å². The summed E-state index contributed by atoms with van der Waals surface area (Å²) in [5, 5.41) is 8.47. The number of hydrogen-bond donors (Lipinski definition) is 0. The molecule has 8 rings (SSSR count). The van der Waals surface area contributed by atoms with Crippen molar-refractivity contribution in [2.24, 2.45) is 0 Å². The molecule has 5 heteroatoms. The van der Waals surface area contributed by atoms with Crippen molar-refractivity contribution in [1.82, 2.24) is 24.5 Å². The second-order valence-corrected chi connectivity index (χ2v) is 9.18. The molecule has 0 spiro atoms. The van der Waals surface area contributed by atoms with Crippen LogP contribution in [0.3, 0.4) is 0 Å². The molecule has 0 unspecified atom stereocenters. The molecular weight excluding hydrogens is 454 g/mol. The summed E-state index contributed by atoms with van der Waals surface area (Å²) in [6.07, 6.45) is 3.42. The molecule has 3 heterocycles. The lowest BCUT2D eigenvalue weighted by atomic mass is 9.93. The molecule has 0 atom stereocenters. The van der Waals surface area contributed by atoms with E-state index in [4.69, 9.17) is 4.98 Å². The summed E-state index contributed by atoms with van der Waals surface area (Å²) in [6.45, 7) is 0. The van der Waals surface area contributed by atoms with Crippen molar-refractivity contribution in [2.75, 3.05) is 0 Å². The van der Waals surface area contributed by atoms with Crippen LogP contribution in [0.5, 0.6) is 0 Å². The minimum atomic E-state index is 0.577. The Kier molecular flexibility index (Phi) is 4.16. The number of nitrogens with zero attached hydrogens (tertiary/aromatic N) is 5. The Morgan fingerprint density at radius 2 is 1.11 bits per heavy atom. The van der Waals surface area contributed by atoms with E-state index in [9.17, 15) is 0 Å². The Labute approximate surface area is 211 Å². The standard InChI is InChI=1S/C32H19N5/c1-2-10-23-21(8-1)22-9-3-4-11-24(22)27-18-20(15-16-25(23)27)31-34-19-35-32(36-31)37-28-13-6-5-12-26(28)30-29(37)14-7-17-33-30/h1-19H. The van der Waals surface area contributed by atoms with Gasteiger partial charge in [-0.05, 0) is 56.6 Å². The predicted octanol–water partition coefficient (Wildman–Crippen LogP) is 7.49. The van der Waals surface area contributed by atoms with Crippen molar-refractivity contribution >= 4 is 54.3 Å². The van der Waals surface area contributed by atoms with Gasteiger partial charge in [-0.3, -0.25) is 9.55 Å². The van der Waals surface area contributed by atoms with Crippen LogP contribution in [0.25, 0.3) is 71.6 Å². The zero-order valence-corrected chi connectivity index (χ0v) is 19.7. The summed E-state index contributed by atoms with van der Waals surface area (Å²) in [6, 6.07) is 35.9. The average Bonchev–Trinajstić information content (AvgIpc) is 3.32. The average molecular weight is 474 g/mol. The molecule has 0 aliphatic carbocycles. The molecule has 5 aromatic carbocycles. The lowest BCUT2D eigenvalue weighted by molar-refractivity contribution is 0.946. The van der Waals surface area contributed by atoms with Gasteiger partial charge in [-0.15, -0.1) is 0 Å². The van der Waals surface area contributed by atoms with Crippen LogP contribution in [0, 0.1) is 0 Å². The lowest BCUT2D eigenvalue weighted by Gasteiger charge is -2.12. The molecule has 0 N–H and O–H groups in total. The monoisotopic (exact) mass is 473 g/mol. The molecule has 3 aromatic heterocycles. The van der Waals surface area contributed by atoms with Gasteiger partial charge >= 0.3 is 0 Å². The van der Waals surface area contributed by atoms with Crippen LogP contribution in [0.1, 0.15) is 0 Å². The van der Waals surface area contributed by atoms with Gasteiger partial charge in [0.25, 0.3) is 0 Å². The van der Waals surface area contributed by atoms with Crippen LogP contribution in [0.15, 0.2) is 116 Å². The van der Waals surface area contributed by atoms with Gasteiger partial charge in [0.2, 0.25) is 5.95 Å². The topological polar surface area (TPSA) is 56.5 Å². The SMILES string of the molecule is c1ccc2c(c1)c1ccccc1c1cc(-c3ncnc(-n4c5ccccc5c5ncccc54)n3)ccc21. The van der Waals surface area contributed by atoms with Crippen molar-refractivity contribution in [3.05, 3.63) is 116 Å². The Hall–Kier alpha value is -5.16. The van der Waals surface area contributed by atoms with Gasteiger partial charge < -0.3 is 0 Å². The number of aromatic nitrogens is 5. The quantitative estimate of drug-likeness (QED) is 0.244. The third-order valence-corrected chi connectivity index (χ3v) is 7.19. The number of benzene rings is 5. The predicted molar refractivity (Wildman–Crippen MR) is 150 cm³/mol. The van der Waals surface area contributed by atoms with Gasteiger partial charge in [-0.2, -0.15) is 4.98 Å². The number of pyridine rings is 1. The Morgan fingerprint density at radius 3 is 1.86 bits per heavy atom. The number of para-hydroxylation sites is 1. The molecule has 0 saturated carbocycles. The van der Waals surface area contributed by atoms with Crippen LogP contribution in [0.4, 0.5) is 0 Å². The van der Waals surface area contributed by atoms with Crippen LogP contribution in [-0.2, 0) is 0 Å². The van der Waals surface area contributed by atoms with E-state index < -0.39 is 0 Å². The molecule has 0 saturated heterocycles. The normalized spacial score (nSPS) is 11.8. The summed E-state index contributed by atoms with van der Waals surface area (Å²) in [7, 11) is 0. The minimum absolute atomic E-state index is 0.577. The first-order valence-electron chi connectivity index (χ1n) is 12.2. The first kappa shape index (κ1) is 20.1. The van der Waals surface area contributed by atoms with Gasteiger partial charge in [-0.25, -0.2) is 9.97 Å². The summed E-state index contributed by atoms with van der Waals surface area (Å²) in [5.74, 6) is 1.21. The van der Waals surface area contributed by atoms with E-state index in [0.29, 0.717) is 11.8 Å². The lowest BCUT2D eigenvalue weighted by Crippen LogP contribution is -2.03. The van der Waals surface area contributed by atoms with Crippen molar-refractivity contribution in [2.45, 2.75) is 0 Å². The van der Waals surface area contributed by atoms with E-state index in [1.165, 1.54) is 32.3 Å². The minimum Gasteiger partial charge on any atom is -0.276 e. The molecular formula is C32H19N5. The van der Waals surface area contributed by atoms with E-state index in [2.05, 4.69) is 104 Å². The second kappa shape index (κ2) is 7.67. The highest BCUT2D eigenvalue weighted by Crippen LogP contribution is 2.36. The molecule has 8 aromatic rings. The van der Waals surface area contributed by atoms with Gasteiger partial charge in [0, 0.05) is 17.1 Å². The second-order valence-electron chi connectivity index (χ2n) is 9.18. The molecule has 0 amide bonds. The Morgan fingerprint density at radius 1 is 0.486 bits per heavy atom. The van der Waals surface area contributed by atoms with E-state index in [1.807, 2.05) is 24.4 Å². The van der Waals surface area contributed by atoms with E-state index in [0.717, 1.165) is 27.5 Å². The number of hydrogen-bond acceptors (Lipinski definition) is 4. The van der Waals surface area contributed by atoms with Crippen molar-refractivity contribution in [3.8, 4) is 17.3 Å². The molecule has 0 fully saturated rings. The van der Waals surface area contributed by atoms with E-state index in [1.54, 1.807) is 6.33 Å². The maximum Gasteiger partial charge on any atom is 0.238 e. The zero-order valence-electron chi connectivity index (χ0n) is 19.7. The molecule has 0 bridgehead atoms. The summed E-state index contributed by atoms with van der Waals surface area (Å²) in [4.78, 5) is 18.7. The zero-order chi connectivity index (χ0) is 24.3. The number of fused-ring (bicyclic) bond motifs is 9. The smallest absolute Gasteiger partial charge is 0.238 e. The highest BCUT2D eigenvalue weighted by atomic mass is 15.2. The van der Waals surface area contributed by atoms with Crippen molar-refractivity contribution in [3.63, 3.8) is 0 Å². The molecule has 0 aliphatic rings. The summed E-state index contributed by atoms with van der Waals surface area (Å²) >= 11 is 0. The van der Waals surface area contributed by atoms with Crippen LogP contribution in [-0.4, -0.2) is 24.5 Å². The maximum absolute atomic E-state index is 4.95. The van der Waals surface area contributed by atoms with Crippen LogP contribution >= 0.6 is 0 Å².